The maximum absolute atomic E-state index is 12.7. The first-order valence-corrected chi connectivity index (χ1v) is 12.2. The third kappa shape index (κ3) is 5.19. The monoisotopic (exact) mass is 448 g/mol. The molecule has 0 spiro atoms. The van der Waals surface area contributed by atoms with E-state index in [0.717, 1.165) is 61.9 Å². The molecular formula is C26H32N4O3. The third-order valence-corrected chi connectivity index (χ3v) is 7.04. The number of aliphatic hydroxyl groups excluding tert-OH is 1. The fraction of sp³-hybridized carbons (Fsp3) is 0.500. The van der Waals surface area contributed by atoms with E-state index in [1.807, 2.05) is 36.4 Å². The number of hydrogen-bond donors (Lipinski definition) is 2. The number of carbonyl (C=O) groups excluding carboxylic acids is 1. The number of nitrogens with zero attached hydrogens (tertiary/aromatic N) is 3. The predicted molar refractivity (Wildman–Crippen MR) is 126 cm³/mol. The van der Waals surface area contributed by atoms with Crippen molar-refractivity contribution in [2.45, 2.75) is 69.9 Å². The zero-order valence-electron chi connectivity index (χ0n) is 18.9. The zero-order valence-corrected chi connectivity index (χ0v) is 18.9. The average molecular weight is 449 g/mol. The molecule has 0 unspecified atom stereocenters. The van der Waals surface area contributed by atoms with Gasteiger partial charge in [0.05, 0.1) is 24.6 Å². The van der Waals surface area contributed by atoms with E-state index < -0.39 is 0 Å². The van der Waals surface area contributed by atoms with E-state index in [1.165, 1.54) is 12.8 Å². The number of aromatic nitrogens is 3. The molecule has 0 bridgehead atoms. The summed E-state index contributed by atoms with van der Waals surface area (Å²) in [7, 11) is 0. The van der Waals surface area contributed by atoms with Crippen molar-refractivity contribution in [1.29, 1.82) is 0 Å². The van der Waals surface area contributed by atoms with Gasteiger partial charge in [0.15, 0.2) is 5.65 Å². The molecule has 1 amide bonds. The van der Waals surface area contributed by atoms with Gasteiger partial charge in [0.2, 0.25) is 5.88 Å². The van der Waals surface area contributed by atoms with Crippen molar-refractivity contribution >= 4 is 11.6 Å². The highest BCUT2D eigenvalue weighted by Crippen LogP contribution is 2.27. The van der Waals surface area contributed by atoms with Crippen LogP contribution in [0.2, 0.25) is 0 Å². The molecule has 2 N–H and O–H groups in total. The first-order valence-electron chi connectivity index (χ1n) is 12.2. The Kier molecular flexibility index (Phi) is 6.58. The molecule has 2 aliphatic rings. The Labute approximate surface area is 194 Å². The van der Waals surface area contributed by atoms with Crippen molar-refractivity contribution in [3.63, 3.8) is 0 Å². The summed E-state index contributed by atoms with van der Waals surface area (Å²) in [6, 6.07) is 11.7. The van der Waals surface area contributed by atoms with Gasteiger partial charge in [-0.25, -0.2) is 9.50 Å². The highest BCUT2D eigenvalue weighted by molar-refractivity contribution is 5.95. The van der Waals surface area contributed by atoms with Gasteiger partial charge >= 0.3 is 0 Å². The van der Waals surface area contributed by atoms with Crippen molar-refractivity contribution < 1.29 is 14.6 Å². The van der Waals surface area contributed by atoms with E-state index in [9.17, 15) is 9.90 Å². The molecule has 3 aromatic rings. The van der Waals surface area contributed by atoms with Crippen LogP contribution in [-0.4, -0.2) is 44.4 Å². The minimum atomic E-state index is -0.127. The molecule has 2 aromatic heterocycles. The summed E-state index contributed by atoms with van der Waals surface area (Å²) in [6.07, 6.45) is 11.0. The van der Waals surface area contributed by atoms with Crippen molar-refractivity contribution in [2.75, 3.05) is 6.61 Å². The fourth-order valence-corrected chi connectivity index (χ4v) is 5.05. The molecule has 2 fully saturated rings. The highest BCUT2D eigenvalue weighted by Gasteiger charge is 2.20. The number of imidazole rings is 1. The number of amides is 1. The molecule has 2 aliphatic carbocycles. The molecule has 0 radical (unpaired) electrons. The molecule has 2 heterocycles. The average Bonchev–Trinajstić information content (AvgIpc) is 3.50. The zero-order chi connectivity index (χ0) is 22.6. The van der Waals surface area contributed by atoms with Crippen LogP contribution in [0.4, 0.5) is 0 Å². The number of benzene rings is 1. The van der Waals surface area contributed by atoms with Crippen LogP contribution in [-0.2, 0) is 0 Å². The summed E-state index contributed by atoms with van der Waals surface area (Å²) < 4.78 is 7.73. The summed E-state index contributed by atoms with van der Waals surface area (Å²) in [5.41, 5.74) is 3.11. The lowest BCUT2D eigenvalue weighted by Gasteiger charge is -2.25. The van der Waals surface area contributed by atoms with Crippen LogP contribution in [0.3, 0.4) is 0 Å². The summed E-state index contributed by atoms with van der Waals surface area (Å²) >= 11 is 0. The van der Waals surface area contributed by atoms with E-state index in [0.29, 0.717) is 24.0 Å². The summed E-state index contributed by atoms with van der Waals surface area (Å²) in [6.45, 7) is 0.611. The molecule has 7 nitrogen and oxygen atoms in total. The number of aliphatic hydroxyl groups is 1. The molecule has 1 aromatic carbocycles. The molecule has 0 aliphatic heterocycles. The van der Waals surface area contributed by atoms with Crippen LogP contribution in [0, 0.1) is 5.92 Å². The number of hydrogen-bond acceptors (Lipinski definition) is 5. The van der Waals surface area contributed by atoms with Crippen LogP contribution < -0.4 is 10.1 Å². The highest BCUT2D eigenvalue weighted by atomic mass is 16.5. The van der Waals surface area contributed by atoms with E-state index in [1.54, 1.807) is 10.7 Å². The first-order chi connectivity index (χ1) is 16.2. The summed E-state index contributed by atoms with van der Waals surface area (Å²) in [4.78, 5) is 17.2. The van der Waals surface area contributed by atoms with E-state index in [2.05, 4.69) is 15.4 Å². The second-order valence-electron chi connectivity index (χ2n) is 9.43. The van der Waals surface area contributed by atoms with Gasteiger partial charge in [-0.1, -0.05) is 25.0 Å². The van der Waals surface area contributed by atoms with Crippen LogP contribution in [0.5, 0.6) is 5.88 Å². The van der Waals surface area contributed by atoms with Crippen molar-refractivity contribution in [3.05, 3.63) is 48.2 Å². The van der Waals surface area contributed by atoms with Crippen LogP contribution in [0.1, 0.15) is 68.1 Å². The molecular weight excluding hydrogens is 416 g/mol. The molecule has 0 saturated heterocycles. The molecule has 0 atom stereocenters. The second kappa shape index (κ2) is 9.91. The Morgan fingerprint density at radius 2 is 1.91 bits per heavy atom. The second-order valence-corrected chi connectivity index (χ2v) is 9.43. The fourth-order valence-electron chi connectivity index (χ4n) is 5.05. The van der Waals surface area contributed by atoms with Gasteiger partial charge in [-0.2, -0.15) is 0 Å². The topological polar surface area (TPSA) is 88.8 Å². The first kappa shape index (κ1) is 21.9. The predicted octanol–water partition coefficient (Wildman–Crippen LogP) is 4.39. The van der Waals surface area contributed by atoms with Crippen molar-refractivity contribution in [2.24, 2.45) is 5.92 Å². The number of fused-ring (bicyclic) bond motifs is 1. The van der Waals surface area contributed by atoms with Gasteiger partial charge in [0, 0.05) is 23.2 Å². The lowest BCUT2D eigenvalue weighted by molar-refractivity contribution is 0.0937. The Hall–Kier alpha value is -2.93. The van der Waals surface area contributed by atoms with Gasteiger partial charge < -0.3 is 15.2 Å². The molecule has 174 valence electrons. The number of ether oxygens (including phenoxy) is 1. The number of nitrogens with one attached hydrogen (secondary N) is 1. The van der Waals surface area contributed by atoms with Gasteiger partial charge in [-0.15, -0.1) is 5.10 Å². The van der Waals surface area contributed by atoms with Crippen LogP contribution in [0.25, 0.3) is 16.9 Å². The Bertz CT molecular complexity index is 1100. The third-order valence-electron chi connectivity index (χ3n) is 7.04. The quantitative estimate of drug-likeness (QED) is 0.560. The molecule has 33 heavy (non-hydrogen) atoms. The van der Waals surface area contributed by atoms with E-state index in [-0.39, 0.29) is 18.1 Å². The van der Waals surface area contributed by atoms with E-state index in [4.69, 9.17) is 4.74 Å². The maximum atomic E-state index is 12.7. The lowest BCUT2D eigenvalue weighted by Crippen LogP contribution is -2.32. The Balaban J connectivity index is 1.28. The Morgan fingerprint density at radius 3 is 2.73 bits per heavy atom. The van der Waals surface area contributed by atoms with Crippen molar-refractivity contribution in [3.8, 4) is 17.1 Å². The van der Waals surface area contributed by atoms with Gasteiger partial charge in [-0.05, 0) is 69.1 Å². The van der Waals surface area contributed by atoms with Gasteiger partial charge in [0.1, 0.15) is 0 Å². The van der Waals surface area contributed by atoms with Crippen molar-refractivity contribution in [1.82, 2.24) is 19.9 Å². The van der Waals surface area contributed by atoms with Crippen LogP contribution in [0.15, 0.2) is 42.6 Å². The van der Waals surface area contributed by atoms with E-state index >= 15 is 0 Å². The minimum absolute atomic E-state index is 0.0233. The number of rotatable bonds is 7. The SMILES string of the molecule is O=C(NC1CCCC1)c1cccc(-c2cnc3ccc(OCCC4CCC(O)CC4)nn23)c1. The molecule has 7 heteroatoms. The standard InChI is InChI=1S/C26H32N4O3/c31-22-10-8-18(9-11-22)14-15-33-25-13-12-24-27-17-23(30(24)29-25)19-4-3-5-20(16-19)26(32)28-21-6-1-2-7-21/h3-5,12-13,16-18,21-22,31H,1-2,6-11,14-15H2,(H,28,32). The minimum Gasteiger partial charge on any atom is -0.477 e. The smallest absolute Gasteiger partial charge is 0.251 e. The number of carbonyl (C=O) groups is 1. The Morgan fingerprint density at radius 1 is 1.09 bits per heavy atom. The van der Waals surface area contributed by atoms with Gasteiger partial charge in [0.25, 0.3) is 5.91 Å². The maximum Gasteiger partial charge on any atom is 0.251 e. The largest absolute Gasteiger partial charge is 0.477 e. The lowest BCUT2D eigenvalue weighted by atomic mass is 9.86. The summed E-state index contributed by atoms with van der Waals surface area (Å²) in [5.74, 6) is 1.15. The molecule has 5 rings (SSSR count). The van der Waals surface area contributed by atoms with Crippen LogP contribution >= 0.6 is 0 Å². The summed E-state index contributed by atoms with van der Waals surface area (Å²) in [5, 5.41) is 17.5. The molecule has 2 saturated carbocycles. The normalized spacial score (nSPS) is 21.4. The van der Waals surface area contributed by atoms with Gasteiger partial charge in [-0.3, -0.25) is 4.79 Å².